The molecule has 2 aromatic rings. The number of rotatable bonds is 5. The first kappa shape index (κ1) is 14.7. The highest BCUT2D eigenvalue weighted by Crippen LogP contribution is 2.18. The SMILES string of the molecule is CC(Oc1cccc(C(=O)c2ccc(F)cc2)c1)C(=O)O. The summed E-state index contributed by atoms with van der Waals surface area (Å²) in [5.41, 5.74) is 0.691. The van der Waals surface area contributed by atoms with Crippen molar-refractivity contribution in [3.05, 3.63) is 65.5 Å². The van der Waals surface area contributed by atoms with Gasteiger partial charge < -0.3 is 9.84 Å². The Labute approximate surface area is 120 Å². The molecular formula is C16H13FO4. The quantitative estimate of drug-likeness (QED) is 0.859. The van der Waals surface area contributed by atoms with Crippen molar-refractivity contribution in [3.8, 4) is 5.75 Å². The number of carboxylic acids is 1. The second-order valence-electron chi connectivity index (χ2n) is 4.46. The largest absolute Gasteiger partial charge is 0.479 e. The maximum Gasteiger partial charge on any atom is 0.344 e. The molecule has 0 amide bonds. The number of ether oxygens (including phenoxy) is 1. The number of benzene rings is 2. The molecule has 2 aromatic carbocycles. The van der Waals surface area contributed by atoms with Crippen LogP contribution in [0.3, 0.4) is 0 Å². The average Bonchev–Trinajstić information content (AvgIpc) is 2.47. The third-order valence-electron chi connectivity index (χ3n) is 2.86. The van der Waals surface area contributed by atoms with Crippen molar-refractivity contribution in [1.82, 2.24) is 0 Å². The average molecular weight is 288 g/mol. The molecule has 0 saturated carbocycles. The van der Waals surface area contributed by atoms with Crippen molar-refractivity contribution >= 4 is 11.8 Å². The molecule has 2 rings (SSSR count). The van der Waals surface area contributed by atoms with Gasteiger partial charge in [-0.3, -0.25) is 4.79 Å². The van der Waals surface area contributed by atoms with E-state index < -0.39 is 17.9 Å². The summed E-state index contributed by atoms with van der Waals surface area (Å²) < 4.78 is 18.1. The first-order chi connectivity index (χ1) is 9.97. The zero-order chi connectivity index (χ0) is 15.4. The van der Waals surface area contributed by atoms with Crippen LogP contribution in [0.4, 0.5) is 4.39 Å². The third-order valence-corrected chi connectivity index (χ3v) is 2.86. The number of carbonyl (C=O) groups is 2. The number of hydrogen-bond acceptors (Lipinski definition) is 3. The molecular weight excluding hydrogens is 275 g/mol. The predicted molar refractivity (Wildman–Crippen MR) is 74.0 cm³/mol. The minimum Gasteiger partial charge on any atom is -0.479 e. The highest BCUT2D eigenvalue weighted by Gasteiger charge is 2.14. The van der Waals surface area contributed by atoms with E-state index in [9.17, 15) is 14.0 Å². The van der Waals surface area contributed by atoms with Gasteiger partial charge in [0.2, 0.25) is 0 Å². The number of aliphatic carboxylic acids is 1. The van der Waals surface area contributed by atoms with Crippen LogP contribution in [0.2, 0.25) is 0 Å². The van der Waals surface area contributed by atoms with Crippen LogP contribution in [-0.4, -0.2) is 23.0 Å². The molecule has 108 valence electrons. The van der Waals surface area contributed by atoms with Gasteiger partial charge in [0, 0.05) is 11.1 Å². The summed E-state index contributed by atoms with van der Waals surface area (Å²) >= 11 is 0. The summed E-state index contributed by atoms with van der Waals surface area (Å²) in [6, 6.07) is 11.4. The van der Waals surface area contributed by atoms with Gasteiger partial charge in [-0.1, -0.05) is 12.1 Å². The fourth-order valence-corrected chi connectivity index (χ4v) is 1.73. The molecule has 5 heteroatoms. The van der Waals surface area contributed by atoms with Gasteiger partial charge in [-0.05, 0) is 43.3 Å². The molecule has 0 aliphatic rings. The van der Waals surface area contributed by atoms with Gasteiger partial charge in [-0.2, -0.15) is 0 Å². The van der Waals surface area contributed by atoms with Crippen LogP contribution in [0.25, 0.3) is 0 Å². The standard InChI is InChI=1S/C16H13FO4/c1-10(16(19)20)21-14-4-2-3-12(9-14)15(18)11-5-7-13(17)8-6-11/h2-10H,1H3,(H,19,20). The van der Waals surface area contributed by atoms with Gasteiger partial charge in [-0.15, -0.1) is 0 Å². The van der Waals surface area contributed by atoms with Crippen molar-refractivity contribution < 1.29 is 23.8 Å². The number of ketones is 1. The summed E-state index contributed by atoms with van der Waals surface area (Å²) in [4.78, 5) is 23.0. The lowest BCUT2D eigenvalue weighted by Gasteiger charge is -2.11. The Bertz CT molecular complexity index is 664. The van der Waals surface area contributed by atoms with Crippen molar-refractivity contribution in [2.24, 2.45) is 0 Å². The molecule has 1 atom stereocenters. The lowest BCUT2D eigenvalue weighted by Crippen LogP contribution is -2.22. The molecule has 1 unspecified atom stereocenters. The van der Waals surface area contributed by atoms with E-state index >= 15 is 0 Å². The van der Waals surface area contributed by atoms with Gasteiger partial charge in [0.1, 0.15) is 11.6 Å². The number of halogens is 1. The van der Waals surface area contributed by atoms with Crippen molar-refractivity contribution in [2.45, 2.75) is 13.0 Å². The summed E-state index contributed by atoms with van der Waals surface area (Å²) in [6.07, 6.45) is -1.01. The monoisotopic (exact) mass is 288 g/mol. The van der Waals surface area contributed by atoms with Crippen LogP contribution in [0.1, 0.15) is 22.8 Å². The fraction of sp³-hybridized carbons (Fsp3) is 0.125. The van der Waals surface area contributed by atoms with Crippen LogP contribution in [0.5, 0.6) is 5.75 Å². The van der Waals surface area contributed by atoms with Crippen LogP contribution in [-0.2, 0) is 4.79 Å². The Morgan fingerprint density at radius 1 is 1.10 bits per heavy atom. The lowest BCUT2D eigenvalue weighted by atomic mass is 10.0. The smallest absolute Gasteiger partial charge is 0.344 e. The summed E-state index contributed by atoms with van der Waals surface area (Å²) in [5.74, 6) is -1.51. The molecule has 0 aliphatic heterocycles. The molecule has 0 radical (unpaired) electrons. The molecule has 0 saturated heterocycles. The molecule has 21 heavy (non-hydrogen) atoms. The van der Waals surface area contributed by atoms with Crippen molar-refractivity contribution in [2.75, 3.05) is 0 Å². The summed E-state index contributed by atoms with van der Waals surface area (Å²) in [5, 5.41) is 8.80. The maximum absolute atomic E-state index is 12.8. The highest BCUT2D eigenvalue weighted by atomic mass is 19.1. The highest BCUT2D eigenvalue weighted by molar-refractivity contribution is 6.09. The Morgan fingerprint density at radius 2 is 1.76 bits per heavy atom. The molecule has 0 fully saturated rings. The minimum atomic E-state index is -1.09. The molecule has 0 aromatic heterocycles. The van der Waals surface area contributed by atoms with E-state index in [0.29, 0.717) is 11.1 Å². The van der Waals surface area contributed by atoms with Gasteiger partial charge in [0.05, 0.1) is 0 Å². The zero-order valence-corrected chi connectivity index (χ0v) is 11.2. The van der Waals surface area contributed by atoms with E-state index in [1.807, 2.05) is 0 Å². The summed E-state index contributed by atoms with van der Waals surface area (Å²) in [6.45, 7) is 1.40. The Hall–Kier alpha value is -2.69. The molecule has 0 aliphatic carbocycles. The van der Waals surface area contributed by atoms with E-state index in [-0.39, 0.29) is 11.5 Å². The van der Waals surface area contributed by atoms with Gasteiger partial charge in [0.15, 0.2) is 11.9 Å². The molecule has 0 heterocycles. The maximum atomic E-state index is 12.8. The Kier molecular flexibility index (Phi) is 4.33. The molecule has 0 spiro atoms. The van der Waals surface area contributed by atoms with Gasteiger partial charge in [0.25, 0.3) is 0 Å². The van der Waals surface area contributed by atoms with E-state index in [2.05, 4.69) is 0 Å². The zero-order valence-electron chi connectivity index (χ0n) is 11.2. The fourth-order valence-electron chi connectivity index (χ4n) is 1.73. The molecule has 4 nitrogen and oxygen atoms in total. The summed E-state index contributed by atoms with van der Waals surface area (Å²) in [7, 11) is 0. The van der Waals surface area contributed by atoms with E-state index in [0.717, 1.165) is 0 Å². The van der Waals surface area contributed by atoms with Crippen molar-refractivity contribution in [3.63, 3.8) is 0 Å². The van der Waals surface area contributed by atoms with Crippen LogP contribution >= 0.6 is 0 Å². The van der Waals surface area contributed by atoms with Crippen molar-refractivity contribution in [1.29, 1.82) is 0 Å². The topological polar surface area (TPSA) is 63.6 Å². The van der Waals surface area contributed by atoms with E-state index in [1.165, 1.54) is 37.3 Å². The number of carbonyl (C=O) groups excluding carboxylic acids is 1. The van der Waals surface area contributed by atoms with Crippen LogP contribution < -0.4 is 4.74 Å². The number of hydrogen-bond donors (Lipinski definition) is 1. The van der Waals surface area contributed by atoms with Crippen LogP contribution in [0.15, 0.2) is 48.5 Å². The Balaban J connectivity index is 2.22. The number of carboxylic acid groups (broad SMARTS) is 1. The lowest BCUT2D eigenvalue weighted by molar-refractivity contribution is -0.144. The van der Waals surface area contributed by atoms with Crippen LogP contribution in [0, 0.1) is 5.82 Å². The normalized spacial score (nSPS) is 11.7. The third kappa shape index (κ3) is 3.66. The molecule has 0 bridgehead atoms. The molecule has 1 N–H and O–H groups in total. The predicted octanol–water partition coefficient (Wildman–Crippen LogP) is 2.91. The first-order valence-corrected chi connectivity index (χ1v) is 6.27. The van der Waals surface area contributed by atoms with Gasteiger partial charge in [-0.25, -0.2) is 9.18 Å². The Morgan fingerprint density at radius 3 is 2.38 bits per heavy atom. The second kappa shape index (κ2) is 6.17. The second-order valence-corrected chi connectivity index (χ2v) is 4.46. The van der Waals surface area contributed by atoms with Gasteiger partial charge >= 0.3 is 5.97 Å². The van der Waals surface area contributed by atoms with E-state index in [4.69, 9.17) is 9.84 Å². The van der Waals surface area contributed by atoms with E-state index in [1.54, 1.807) is 18.2 Å². The first-order valence-electron chi connectivity index (χ1n) is 6.27. The minimum absolute atomic E-state index is 0.288.